The minimum absolute atomic E-state index is 0.0882. The second-order valence-corrected chi connectivity index (χ2v) is 8.03. The van der Waals surface area contributed by atoms with Crippen LogP contribution in [0.5, 0.6) is 0 Å². The molecule has 1 unspecified atom stereocenters. The van der Waals surface area contributed by atoms with Gasteiger partial charge in [0.25, 0.3) is 0 Å². The summed E-state index contributed by atoms with van der Waals surface area (Å²) in [4.78, 5) is 15.5. The van der Waals surface area contributed by atoms with Crippen LogP contribution in [0, 0.1) is 0 Å². The highest BCUT2D eigenvalue weighted by Crippen LogP contribution is 2.37. The number of ether oxygens (including phenoxy) is 1. The van der Waals surface area contributed by atoms with Crippen LogP contribution in [-0.4, -0.2) is 37.1 Å². The number of halogens is 1. The van der Waals surface area contributed by atoms with Gasteiger partial charge in [0.1, 0.15) is 0 Å². The number of alkyl halides is 1. The number of rotatable bonds is 8. The molecule has 1 aromatic rings. The molecule has 4 heteroatoms. The SMILES string of the molecule is C=C(c1ccc2c(c1)C(C)(OCCCC)C(=O)C=C(CCF)C2)N1CCCC1. The first kappa shape index (κ1) is 20.8. The normalized spacial score (nSPS) is 22.0. The molecule has 0 bridgehead atoms. The van der Waals surface area contributed by atoms with Crippen molar-refractivity contribution in [2.45, 2.75) is 58.0 Å². The Hall–Kier alpha value is -1.94. The Morgan fingerprint density at radius 1 is 1.32 bits per heavy atom. The predicted molar refractivity (Wildman–Crippen MR) is 112 cm³/mol. The summed E-state index contributed by atoms with van der Waals surface area (Å²) in [5, 5.41) is 0. The van der Waals surface area contributed by atoms with Crippen LogP contribution in [0.2, 0.25) is 0 Å². The lowest BCUT2D eigenvalue weighted by atomic mass is 9.86. The maximum absolute atomic E-state index is 13.2. The van der Waals surface area contributed by atoms with Crippen molar-refractivity contribution in [1.82, 2.24) is 4.90 Å². The molecule has 0 amide bonds. The molecule has 0 N–H and O–H groups in total. The van der Waals surface area contributed by atoms with Gasteiger partial charge >= 0.3 is 0 Å². The standard InChI is InChI=1S/C24H32FNO2/c1-4-5-14-28-24(3)22-17-20(18(2)26-12-6-7-13-26)8-9-21(22)15-19(10-11-25)16-23(24)27/h8-9,16-17H,2,4-7,10-15H2,1,3H3. The minimum atomic E-state index is -1.04. The maximum Gasteiger partial charge on any atom is 0.191 e. The Kier molecular flexibility index (Phi) is 6.71. The molecule has 1 fully saturated rings. The van der Waals surface area contributed by atoms with Gasteiger partial charge in [-0.05, 0) is 67.9 Å². The highest BCUT2D eigenvalue weighted by Gasteiger charge is 2.39. The second kappa shape index (κ2) is 9.04. The average molecular weight is 386 g/mol. The number of ketones is 1. The van der Waals surface area contributed by atoms with Crippen molar-refractivity contribution in [2.24, 2.45) is 0 Å². The van der Waals surface area contributed by atoms with Crippen molar-refractivity contribution in [3.05, 3.63) is 53.1 Å². The molecule has 1 atom stereocenters. The zero-order chi connectivity index (χ0) is 20.1. The van der Waals surface area contributed by atoms with Gasteiger partial charge in [0.15, 0.2) is 11.4 Å². The molecule has 1 heterocycles. The van der Waals surface area contributed by atoms with E-state index in [2.05, 4.69) is 36.6 Å². The van der Waals surface area contributed by atoms with Gasteiger partial charge < -0.3 is 9.64 Å². The molecule has 1 aromatic carbocycles. The third-order valence-corrected chi connectivity index (χ3v) is 5.97. The third-order valence-electron chi connectivity index (χ3n) is 5.97. The van der Waals surface area contributed by atoms with E-state index >= 15 is 0 Å². The summed E-state index contributed by atoms with van der Waals surface area (Å²) in [5.41, 5.74) is 3.78. The van der Waals surface area contributed by atoms with E-state index in [1.807, 2.05) is 6.92 Å². The number of carbonyl (C=O) groups excluding carboxylic acids is 1. The van der Waals surface area contributed by atoms with Crippen LogP contribution in [0.1, 0.15) is 62.6 Å². The molecule has 3 nitrogen and oxygen atoms in total. The Bertz CT molecular complexity index is 764. The summed E-state index contributed by atoms with van der Waals surface area (Å²) in [6, 6.07) is 6.22. The number of hydrogen-bond acceptors (Lipinski definition) is 3. The summed E-state index contributed by atoms with van der Waals surface area (Å²) in [6.45, 7) is 10.4. The van der Waals surface area contributed by atoms with E-state index in [-0.39, 0.29) is 5.78 Å². The van der Waals surface area contributed by atoms with Gasteiger partial charge in [-0.3, -0.25) is 9.18 Å². The van der Waals surface area contributed by atoms with E-state index in [1.54, 1.807) is 6.08 Å². The molecular formula is C24H32FNO2. The minimum Gasteiger partial charge on any atom is -0.372 e. The first-order valence-corrected chi connectivity index (χ1v) is 10.5. The fourth-order valence-electron chi connectivity index (χ4n) is 4.13. The topological polar surface area (TPSA) is 29.5 Å². The van der Waals surface area contributed by atoms with Crippen LogP contribution in [0.4, 0.5) is 4.39 Å². The van der Waals surface area contributed by atoms with Gasteiger partial charge in [-0.25, -0.2) is 0 Å². The zero-order valence-corrected chi connectivity index (χ0v) is 17.2. The molecular weight excluding hydrogens is 353 g/mol. The lowest BCUT2D eigenvalue weighted by Crippen LogP contribution is -2.35. The molecule has 152 valence electrons. The molecule has 1 saturated heterocycles. The first-order chi connectivity index (χ1) is 13.5. The van der Waals surface area contributed by atoms with Gasteiger partial charge in [-0.2, -0.15) is 0 Å². The van der Waals surface area contributed by atoms with Gasteiger partial charge in [0.05, 0.1) is 6.67 Å². The molecule has 0 spiro atoms. The molecule has 1 aliphatic carbocycles. The molecule has 1 aliphatic heterocycles. The Labute approximate surface area is 168 Å². The average Bonchev–Trinajstić information content (AvgIpc) is 3.19. The first-order valence-electron chi connectivity index (χ1n) is 10.5. The summed E-state index contributed by atoms with van der Waals surface area (Å²) < 4.78 is 19.2. The van der Waals surface area contributed by atoms with E-state index in [0.717, 1.165) is 53.9 Å². The third kappa shape index (κ3) is 4.22. The van der Waals surface area contributed by atoms with Crippen LogP contribution in [-0.2, 0) is 21.6 Å². The number of nitrogens with zero attached hydrogens (tertiary/aromatic N) is 1. The van der Waals surface area contributed by atoms with Crippen LogP contribution < -0.4 is 0 Å². The van der Waals surface area contributed by atoms with Crippen LogP contribution in [0.3, 0.4) is 0 Å². The Morgan fingerprint density at radius 2 is 2.07 bits per heavy atom. The fourth-order valence-corrected chi connectivity index (χ4v) is 4.13. The van der Waals surface area contributed by atoms with Gasteiger partial charge in [0.2, 0.25) is 0 Å². The van der Waals surface area contributed by atoms with Gasteiger partial charge in [-0.1, -0.05) is 37.6 Å². The number of benzene rings is 1. The highest BCUT2D eigenvalue weighted by atomic mass is 19.1. The van der Waals surface area contributed by atoms with Crippen molar-refractivity contribution in [3.63, 3.8) is 0 Å². The van der Waals surface area contributed by atoms with Crippen molar-refractivity contribution < 1.29 is 13.9 Å². The summed E-state index contributed by atoms with van der Waals surface area (Å²) in [5.74, 6) is -0.0882. The molecule has 2 aliphatic rings. The van der Waals surface area contributed by atoms with Gasteiger partial charge in [0, 0.05) is 25.4 Å². The van der Waals surface area contributed by atoms with Crippen molar-refractivity contribution in [2.75, 3.05) is 26.4 Å². The van der Waals surface area contributed by atoms with E-state index in [0.29, 0.717) is 19.4 Å². The predicted octanol–water partition coefficient (Wildman–Crippen LogP) is 5.20. The molecule has 3 rings (SSSR count). The zero-order valence-electron chi connectivity index (χ0n) is 17.2. The Morgan fingerprint density at radius 3 is 2.75 bits per heavy atom. The number of unbranched alkanes of at least 4 members (excludes halogenated alkanes) is 1. The lowest BCUT2D eigenvalue weighted by molar-refractivity contribution is -0.138. The van der Waals surface area contributed by atoms with Crippen LogP contribution in [0.15, 0.2) is 36.4 Å². The van der Waals surface area contributed by atoms with Crippen LogP contribution >= 0.6 is 0 Å². The number of carbonyl (C=O) groups is 1. The van der Waals surface area contributed by atoms with Crippen molar-refractivity contribution in [1.29, 1.82) is 0 Å². The molecule has 0 radical (unpaired) electrons. The quantitative estimate of drug-likeness (QED) is 0.576. The largest absolute Gasteiger partial charge is 0.372 e. The number of fused-ring (bicyclic) bond motifs is 1. The molecule has 0 aromatic heterocycles. The summed E-state index contributed by atoms with van der Waals surface area (Å²) in [6.07, 6.45) is 6.78. The fraction of sp³-hybridized carbons (Fsp3) is 0.542. The number of hydrogen-bond donors (Lipinski definition) is 0. The molecule has 28 heavy (non-hydrogen) atoms. The van der Waals surface area contributed by atoms with E-state index in [9.17, 15) is 9.18 Å². The lowest BCUT2D eigenvalue weighted by Gasteiger charge is -2.30. The van der Waals surface area contributed by atoms with E-state index in [4.69, 9.17) is 4.74 Å². The summed E-state index contributed by atoms with van der Waals surface area (Å²) >= 11 is 0. The number of allylic oxidation sites excluding steroid dienone is 1. The molecule has 0 saturated carbocycles. The smallest absolute Gasteiger partial charge is 0.191 e. The van der Waals surface area contributed by atoms with E-state index < -0.39 is 12.3 Å². The second-order valence-electron chi connectivity index (χ2n) is 8.03. The van der Waals surface area contributed by atoms with Crippen LogP contribution in [0.25, 0.3) is 5.70 Å². The Balaban J connectivity index is 2.00. The van der Waals surface area contributed by atoms with Crippen molar-refractivity contribution >= 4 is 11.5 Å². The highest BCUT2D eigenvalue weighted by molar-refractivity contribution is 5.99. The van der Waals surface area contributed by atoms with E-state index in [1.165, 1.54) is 12.8 Å². The summed E-state index contributed by atoms with van der Waals surface area (Å²) in [7, 11) is 0. The maximum atomic E-state index is 13.2. The monoisotopic (exact) mass is 385 g/mol. The van der Waals surface area contributed by atoms with Gasteiger partial charge in [-0.15, -0.1) is 0 Å². The van der Waals surface area contributed by atoms with Crippen molar-refractivity contribution in [3.8, 4) is 0 Å². The number of likely N-dealkylation sites (tertiary alicyclic amines) is 1.